The maximum atomic E-state index is 12.9. The van der Waals surface area contributed by atoms with Crippen LogP contribution in [0.25, 0.3) is 0 Å². The molecule has 0 fully saturated rings. The number of nitrogens with two attached hydrogens (primary N) is 1. The molecule has 0 atom stereocenters. The lowest BCUT2D eigenvalue weighted by molar-refractivity contribution is -0.324. The Morgan fingerprint density at radius 2 is 1.58 bits per heavy atom. The SMILES string of the molecule is Nc1ccc(COC(C(F)(F)F)C(F)(F)F)cc1F. The van der Waals surface area contributed by atoms with E-state index in [0.717, 1.165) is 12.1 Å². The summed E-state index contributed by atoms with van der Waals surface area (Å²) >= 11 is 0. The molecular formula is C10H8F7NO. The van der Waals surface area contributed by atoms with Crippen LogP contribution < -0.4 is 5.73 Å². The molecule has 0 heterocycles. The number of nitrogen functional groups attached to an aromatic ring is 1. The lowest BCUT2D eigenvalue weighted by Gasteiger charge is -2.23. The van der Waals surface area contributed by atoms with Crippen LogP contribution in [0.2, 0.25) is 0 Å². The zero-order valence-corrected chi connectivity index (χ0v) is 9.15. The number of hydrogen-bond donors (Lipinski definition) is 1. The molecule has 108 valence electrons. The van der Waals surface area contributed by atoms with Gasteiger partial charge < -0.3 is 10.5 Å². The second-order valence-corrected chi connectivity index (χ2v) is 3.63. The molecule has 2 N–H and O–H groups in total. The molecule has 9 heteroatoms. The highest BCUT2D eigenvalue weighted by Crippen LogP contribution is 2.36. The van der Waals surface area contributed by atoms with E-state index in [-0.39, 0.29) is 11.3 Å². The highest BCUT2D eigenvalue weighted by Gasteiger charge is 2.57. The molecule has 0 unspecified atom stereocenters. The first-order chi connectivity index (χ1) is 8.51. The van der Waals surface area contributed by atoms with E-state index in [9.17, 15) is 30.7 Å². The zero-order chi connectivity index (χ0) is 14.8. The van der Waals surface area contributed by atoms with Crippen molar-refractivity contribution < 1.29 is 35.5 Å². The Bertz CT molecular complexity index is 426. The van der Waals surface area contributed by atoms with E-state index >= 15 is 0 Å². The van der Waals surface area contributed by atoms with Crippen LogP contribution in [-0.4, -0.2) is 18.5 Å². The Morgan fingerprint density at radius 1 is 1.05 bits per heavy atom. The summed E-state index contributed by atoms with van der Waals surface area (Å²) in [4.78, 5) is 0. The van der Waals surface area contributed by atoms with E-state index in [4.69, 9.17) is 5.73 Å². The van der Waals surface area contributed by atoms with Gasteiger partial charge in [0.05, 0.1) is 12.3 Å². The second-order valence-electron chi connectivity index (χ2n) is 3.63. The summed E-state index contributed by atoms with van der Waals surface area (Å²) in [5, 5.41) is 0. The van der Waals surface area contributed by atoms with Gasteiger partial charge in [-0.2, -0.15) is 26.3 Å². The van der Waals surface area contributed by atoms with Gasteiger partial charge in [0.2, 0.25) is 6.10 Å². The summed E-state index contributed by atoms with van der Waals surface area (Å²) in [6.07, 6.45) is -15.1. The fourth-order valence-corrected chi connectivity index (χ4v) is 1.21. The van der Waals surface area contributed by atoms with Gasteiger partial charge in [0.25, 0.3) is 0 Å². The summed E-state index contributed by atoms with van der Waals surface area (Å²) in [5.74, 6) is -0.948. The summed E-state index contributed by atoms with van der Waals surface area (Å²) in [6, 6.07) is 2.80. The Morgan fingerprint density at radius 3 is 2.00 bits per heavy atom. The molecule has 2 nitrogen and oxygen atoms in total. The Balaban J connectivity index is 2.80. The maximum absolute atomic E-state index is 12.9. The average Bonchev–Trinajstić information content (AvgIpc) is 2.19. The van der Waals surface area contributed by atoms with E-state index in [0.29, 0.717) is 6.07 Å². The van der Waals surface area contributed by atoms with E-state index in [1.165, 1.54) is 0 Å². The van der Waals surface area contributed by atoms with Crippen molar-refractivity contribution in [2.75, 3.05) is 5.73 Å². The Kier molecular flexibility index (Phi) is 4.28. The first-order valence-electron chi connectivity index (χ1n) is 4.80. The molecule has 0 saturated heterocycles. The van der Waals surface area contributed by atoms with E-state index in [1.54, 1.807) is 0 Å². The quantitative estimate of drug-likeness (QED) is 0.684. The average molecular weight is 291 g/mol. The van der Waals surface area contributed by atoms with Crippen LogP contribution >= 0.6 is 0 Å². The number of hydrogen-bond acceptors (Lipinski definition) is 2. The second kappa shape index (κ2) is 5.24. The van der Waals surface area contributed by atoms with Gasteiger partial charge in [-0.05, 0) is 17.7 Å². The minimum atomic E-state index is -5.59. The summed E-state index contributed by atoms with van der Waals surface area (Å²) in [6.45, 7) is -1.04. The third kappa shape index (κ3) is 4.27. The van der Waals surface area contributed by atoms with Crippen LogP contribution in [0, 0.1) is 5.82 Å². The van der Waals surface area contributed by atoms with Crippen LogP contribution in [0.5, 0.6) is 0 Å². The van der Waals surface area contributed by atoms with Gasteiger partial charge in [0, 0.05) is 0 Å². The van der Waals surface area contributed by atoms with Crippen molar-refractivity contribution in [3.63, 3.8) is 0 Å². The third-order valence-electron chi connectivity index (χ3n) is 2.08. The standard InChI is InChI=1S/C10H8F7NO/c11-6-3-5(1-2-7(6)18)4-19-8(9(12,13)14)10(15,16)17/h1-3,8H,4,18H2. The minimum absolute atomic E-state index is 0.190. The predicted molar refractivity (Wildman–Crippen MR) is 51.5 cm³/mol. The van der Waals surface area contributed by atoms with Crippen LogP contribution in [-0.2, 0) is 11.3 Å². The predicted octanol–water partition coefficient (Wildman–Crippen LogP) is 3.42. The maximum Gasteiger partial charge on any atom is 0.423 e. The highest BCUT2D eigenvalue weighted by atomic mass is 19.4. The first kappa shape index (κ1) is 15.5. The molecule has 0 bridgehead atoms. The van der Waals surface area contributed by atoms with Gasteiger partial charge in [-0.25, -0.2) is 4.39 Å². The van der Waals surface area contributed by atoms with Crippen LogP contribution in [0.3, 0.4) is 0 Å². The fourth-order valence-electron chi connectivity index (χ4n) is 1.21. The molecule has 0 aliphatic rings. The number of rotatable bonds is 3. The molecule has 0 aromatic heterocycles. The Hall–Kier alpha value is -1.51. The van der Waals surface area contributed by atoms with Crippen molar-refractivity contribution in [3.8, 4) is 0 Å². The number of benzene rings is 1. The number of anilines is 1. The van der Waals surface area contributed by atoms with Gasteiger partial charge in [0.1, 0.15) is 5.82 Å². The minimum Gasteiger partial charge on any atom is -0.396 e. The third-order valence-corrected chi connectivity index (χ3v) is 2.08. The number of halogens is 7. The molecule has 1 rings (SSSR count). The van der Waals surface area contributed by atoms with E-state index < -0.39 is 30.9 Å². The highest BCUT2D eigenvalue weighted by molar-refractivity contribution is 5.41. The van der Waals surface area contributed by atoms with Gasteiger partial charge in [-0.1, -0.05) is 6.07 Å². The fraction of sp³-hybridized carbons (Fsp3) is 0.400. The summed E-state index contributed by atoms with van der Waals surface area (Å²) < 4.78 is 89.5. The van der Waals surface area contributed by atoms with Crippen molar-refractivity contribution in [1.82, 2.24) is 0 Å². The lowest BCUT2D eigenvalue weighted by Crippen LogP contribution is -2.44. The zero-order valence-electron chi connectivity index (χ0n) is 9.15. The molecule has 0 aliphatic carbocycles. The van der Waals surface area contributed by atoms with Crippen LogP contribution in [0.4, 0.5) is 36.4 Å². The molecule has 1 aromatic carbocycles. The molecule has 0 aliphatic heterocycles. The molecule has 0 spiro atoms. The van der Waals surface area contributed by atoms with Crippen molar-refractivity contribution in [2.45, 2.75) is 25.1 Å². The first-order valence-corrected chi connectivity index (χ1v) is 4.80. The van der Waals surface area contributed by atoms with Gasteiger partial charge in [-0.3, -0.25) is 0 Å². The largest absolute Gasteiger partial charge is 0.423 e. The number of ether oxygens (including phenoxy) is 1. The van der Waals surface area contributed by atoms with Crippen molar-refractivity contribution >= 4 is 5.69 Å². The lowest BCUT2D eigenvalue weighted by atomic mass is 10.2. The van der Waals surface area contributed by atoms with E-state index in [2.05, 4.69) is 4.74 Å². The normalized spacial score (nSPS) is 13.1. The van der Waals surface area contributed by atoms with Crippen molar-refractivity contribution in [1.29, 1.82) is 0 Å². The van der Waals surface area contributed by atoms with Crippen molar-refractivity contribution in [2.24, 2.45) is 0 Å². The molecule has 0 amide bonds. The van der Waals surface area contributed by atoms with Gasteiger partial charge >= 0.3 is 12.4 Å². The van der Waals surface area contributed by atoms with Crippen molar-refractivity contribution in [3.05, 3.63) is 29.6 Å². The molecular weight excluding hydrogens is 283 g/mol. The van der Waals surface area contributed by atoms with Crippen LogP contribution in [0.15, 0.2) is 18.2 Å². The smallest absolute Gasteiger partial charge is 0.396 e. The summed E-state index contributed by atoms with van der Waals surface area (Å²) in [5.41, 5.74) is 4.65. The molecule has 0 saturated carbocycles. The summed E-state index contributed by atoms with van der Waals surface area (Å²) in [7, 11) is 0. The van der Waals surface area contributed by atoms with Crippen LogP contribution in [0.1, 0.15) is 5.56 Å². The molecule has 1 aromatic rings. The monoisotopic (exact) mass is 291 g/mol. The van der Waals surface area contributed by atoms with Gasteiger partial charge in [-0.15, -0.1) is 0 Å². The number of alkyl halides is 6. The molecule has 0 radical (unpaired) electrons. The van der Waals surface area contributed by atoms with Gasteiger partial charge in [0.15, 0.2) is 0 Å². The molecule has 19 heavy (non-hydrogen) atoms. The van der Waals surface area contributed by atoms with E-state index in [1.807, 2.05) is 0 Å². The topological polar surface area (TPSA) is 35.2 Å². The Labute approximate surface area is 103 Å².